The van der Waals surface area contributed by atoms with E-state index in [1.807, 2.05) is 31.2 Å². The lowest BCUT2D eigenvalue weighted by Crippen LogP contribution is -2.25. The Balaban J connectivity index is 2.12. The van der Waals surface area contributed by atoms with Gasteiger partial charge in [0.15, 0.2) is 0 Å². The normalized spacial score (nSPS) is 18.8. The highest BCUT2D eigenvalue weighted by atomic mass is 19.1. The molecule has 0 fully saturated rings. The molecule has 2 heterocycles. The van der Waals surface area contributed by atoms with Crippen LogP contribution in [0.15, 0.2) is 41.5 Å². The number of hydrogen-bond donors (Lipinski definition) is 1. The van der Waals surface area contributed by atoms with Gasteiger partial charge in [-0.05, 0) is 48.9 Å². The molecule has 0 bridgehead atoms. The molecule has 2 aromatic rings. The van der Waals surface area contributed by atoms with Gasteiger partial charge in [0.1, 0.15) is 11.5 Å². The van der Waals surface area contributed by atoms with Gasteiger partial charge < -0.3 is 5.32 Å². The Morgan fingerprint density at radius 3 is 2.77 bits per heavy atom. The molecule has 1 N–H and O–H groups in total. The highest BCUT2D eigenvalue weighted by Crippen LogP contribution is 2.31. The number of amides is 1. The van der Waals surface area contributed by atoms with Gasteiger partial charge in [-0.2, -0.15) is 4.99 Å². The number of nitrogens with one attached hydrogen (secondary N) is 1. The molecule has 1 aliphatic heterocycles. The first kappa shape index (κ1) is 18.2. The number of nitrogens with zero attached hydrogens (tertiary/aromatic N) is 2. The fourth-order valence-electron chi connectivity index (χ4n) is 3.25. The molecule has 0 saturated heterocycles. The van der Waals surface area contributed by atoms with Gasteiger partial charge in [-0.3, -0.25) is 9.78 Å². The first-order valence-corrected chi connectivity index (χ1v) is 8.99. The summed E-state index contributed by atoms with van der Waals surface area (Å²) in [5, 5.41) is 3.02. The Kier molecular flexibility index (Phi) is 5.16. The molecule has 1 unspecified atom stereocenters. The number of aliphatic imine (C=N–C) groups is 1. The summed E-state index contributed by atoms with van der Waals surface area (Å²) in [5.41, 5.74) is 2.89. The van der Waals surface area contributed by atoms with Crippen molar-refractivity contribution in [2.45, 2.75) is 45.2 Å². The number of carbonyl (C=O) groups excluding carboxylic acids is 1. The lowest BCUT2D eigenvalue weighted by Gasteiger charge is -2.22. The molecular formula is C21H24FN3O. The number of aryl methyl sites for hydroxylation is 2. The minimum atomic E-state index is -1.38. The predicted octanol–water partition coefficient (Wildman–Crippen LogP) is 3.51. The second kappa shape index (κ2) is 7.36. The zero-order chi connectivity index (χ0) is 18.7. The maximum Gasteiger partial charge on any atom is 0.252 e. The summed E-state index contributed by atoms with van der Waals surface area (Å²) in [6.07, 6.45) is 3.79. The molecule has 3 rings (SSSR count). The minimum Gasteiger partial charge on any atom is -0.373 e. The van der Waals surface area contributed by atoms with E-state index in [1.165, 1.54) is 0 Å². The fraction of sp³-hybridized carbons (Fsp3) is 0.381. The van der Waals surface area contributed by atoms with E-state index in [0.717, 1.165) is 22.4 Å². The summed E-state index contributed by atoms with van der Waals surface area (Å²) < 4.78 is 14.8. The van der Waals surface area contributed by atoms with Crippen LogP contribution in [0.4, 0.5) is 4.39 Å². The molecule has 1 amide bonds. The quantitative estimate of drug-likeness (QED) is 0.899. The smallest absolute Gasteiger partial charge is 0.252 e. The molecule has 0 saturated carbocycles. The number of halogens is 1. The highest BCUT2D eigenvalue weighted by molar-refractivity contribution is 6.06. The van der Waals surface area contributed by atoms with E-state index in [4.69, 9.17) is 0 Å². The molecule has 1 aliphatic rings. The second-order valence-corrected chi connectivity index (χ2v) is 6.81. The van der Waals surface area contributed by atoms with Crippen LogP contribution in [0.2, 0.25) is 0 Å². The zero-order valence-corrected chi connectivity index (χ0v) is 15.5. The van der Waals surface area contributed by atoms with Crippen molar-refractivity contribution < 1.29 is 9.18 Å². The van der Waals surface area contributed by atoms with E-state index in [0.29, 0.717) is 30.7 Å². The van der Waals surface area contributed by atoms with Crippen molar-refractivity contribution in [3.63, 3.8) is 0 Å². The Morgan fingerprint density at radius 1 is 1.23 bits per heavy atom. The van der Waals surface area contributed by atoms with Crippen LogP contribution in [-0.4, -0.2) is 23.8 Å². The monoisotopic (exact) mass is 353 g/mol. The molecule has 0 radical (unpaired) electrons. The summed E-state index contributed by atoms with van der Waals surface area (Å²) in [4.78, 5) is 21.1. The topological polar surface area (TPSA) is 54.4 Å². The number of rotatable bonds is 2. The van der Waals surface area contributed by atoms with Crippen LogP contribution in [-0.2, 0) is 29.7 Å². The lowest BCUT2D eigenvalue weighted by atomic mass is 9.89. The molecule has 136 valence electrons. The first-order chi connectivity index (χ1) is 12.4. The fourth-order valence-corrected chi connectivity index (χ4v) is 3.25. The lowest BCUT2D eigenvalue weighted by molar-refractivity contribution is -0.117. The Bertz CT molecular complexity index is 858. The van der Waals surface area contributed by atoms with Crippen LogP contribution in [0.25, 0.3) is 0 Å². The molecule has 1 aromatic heterocycles. The van der Waals surface area contributed by atoms with Crippen LogP contribution in [0.1, 0.15) is 48.2 Å². The number of hydrogen-bond acceptors (Lipinski definition) is 3. The standard InChI is InChI=1S/C21H24FN3O/c1-4-21(2,22)16-8-9-17-14(12-16)7-10-18-15(6-5-11-24-18)13-19(26)25-20(17)23-3/h5-6,8-9,11-12H,4,7,10,13H2,1-3H3,(H,23,25,26). The van der Waals surface area contributed by atoms with E-state index >= 15 is 0 Å². The molecule has 0 aliphatic carbocycles. The first-order valence-electron chi connectivity index (χ1n) is 8.99. The van der Waals surface area contributed by atoms with Gasteiger partial charge in [0.2, 0.25) is 0 Å². The Morgan fingerprint density at radius 2 is 2.04 bits per heavy atom. The van der Waals surface area contributed by atoms with Gasteiger partial charge in [-0.25, -0.2) is 4.39 Å². The maximum absolute atomic E-state index is 14.8. The van der Waals surface area contributed by atoms with Gasteiger partial charge in [0.05, 0.1) is 6.42 Å². The third-order valence-electron chi connectivity index (χ3n) is 5.06. The summed E-state index contributed by atoms with van der Waals surface area (Å²) >= 11 is 0. The molecular weight excluding hydrogens is 329 g/mol. The minimum absolute atomic E-state index is 0.218. The summed E-state index contributed by atoms with van der Waals surface area (Å²) in [5.74, 6) is 0.311. The van der Waals surface area contributed by atoms with Crippen LogP contribution in [0.3, 0.4) is 0 Å². The number of amidine groups is 1. The third kappa shape index (κ3) is 3.66. The molecule has 4 nitrogen and oxygen atoms in total. The van der Waals surface area contributed by atoms with Gasteiger partial charge in [0, 0.05) is 24.5 Å². The van der Waals surface area contributed by atoms with Crippen molar-refractivity contribution in [1.29, 1.82) is 0 Å². The van der Waals surface area contributed by atoms with Crippen LogP contribution < -0.4 is 5.32 Å². The highest BCUT2D eigenvalue weighted by Gasteiger charge is 2.25. The van der Waals surface area contributed by atoms with Crippen molar-refractivity contribution in [1.82, 2.24) is 10.3 Å². The van der Waals surface area contributed by atoms with Gasteiger partial charge in [-0.15, -0.1) is 0 Å². The van der Waals surface area contributed by atoms with Crippen LogP contribution in [0.5, 0.6) is 0 Å². The summed E-state index contributed by atoms with van der Waals surface area (Å²) in [6.45, 7) is 3.44. The van der Waals surface area contributed by atoms with Crippen molar-refractivity contribution >= 4 is 11.7 Å². The average Bonchev–Trinajstić information content (AvgIpc) is 2.65. The Hall–Kier alpha value is -2.56. The van der Waals surface area contributed by atoms with Crippen molar-refractivity contribution in [2.75, 3.05) is 7.05 Å². The molecule has 0 spiro atoms. The van der Waals surface area contributed by atoms with Crippen molar-refractivity contribution in [3.05, 3.63) is 64.5 Å². The van der Waals surface area contributed by atoms with Crippen molar-refractivity contribution in [3.8, 4) is 0 Å². The van der Waals surface area contributed by atoms with E-state index < -0.39 is 5.67 Å². The van der Waals surface area contributed by atoms with Gasteiger partial charge in [0.25, 0.3) is 5.91 Å². The van der Waals surface area contributed by atoms with Crippen molar-refractivity contribution in [2.24, 2.45) is 4.99 Å². The number of alkyl halides is 1. The van der Waals surface area contributed by atoms with E-state index in [1.54, 1.807) is 26.2 Å². The average molecular weight is 353 g/mol. The van der Waals surface area contributed by atoms with E-state index in [2.05, 4.69) is 15.3 Å². The van der Waals surface area contributed by atoms with Crippen LogP contribution >= 0.6 is 0 Å². The van der Waals surface area contributed by atoms with Gasteiger partial charge in [-0.1, -0.05) is 31.2 Å². The maximum atomic E-state index is 14.8. The molecule has 5 heteroatoms. The number of benzene rings is 1. The summed E-state index contributed by atoms with van der Waals surface area (Å²) in [6, 6.07) is 9.31. The molecule has 26 heavy (non-hydrogen) atoms. The molecule has 1 atom stereocenters. The number of aromatic nitrogens is 1. The zero-order valence-electron chi connectivity index (χ0n) is 15.5. The van der Waals surface area contributed by atoms with E-state index in [-0.39, 0.29) is 12.3 Å². The number of fused-ring (bicyclic) bond motifs is 2. The largest absolute Gasteiger partial charge is 0.373 e. The predicted molar refractivity (Wildman–Crippen MR) is 101 cm³/mol. The number of pyridine rings is 1. The SMILES string of the molecule is CCC(C)(F)c1ccc2c(c1)CCc1ncccc1CC(=O)/N=C\2NC. The number of carbonyl (C=O) groups is 1. The second-order valence-electron chi connectivity index (χ2n) is 6.81. The Labute approximate surface area is 153 Å². The summed E-state index contributed by atoms with van der Waals surface area (Å²) in [7, 11) is 1.75. The molecule has 1 aromatic carbocycles. The van der Waals surface area contributed by atoms with Crippen LogP contribution in [0, 0.1) is 0 Å². The third-order valence-corrected chi connectivity index (χ3v) is 5.06. The van der Waals surface area contributed by atoms with Gasteiger partial charge >= 0.3 is 0 Å². The van der Waals surface area contributed by atoms with E-state index in [9.17, 15) is 9.18 Å².